The Morgan fingerprint density at radius 2 is 1.93 bits per heavy atom. The number of methoxy groups -OCH3 is 1. The van der Waals surface area contributed by atoms with Crippen LogP contribution in [-0.4, -0.2) is 12.9 Å². The zero-order valence-electron chi connectivity index (χ0n) is 8.75. The van der Waals surface area contributed by atoms with Crippen LogP contribution in [0.4, 0.5) is 0 Å². The highest BCUT2D eigenvalue weighted by Gasteiger charge is 2.04. The SMILES string of the molecule is CCCCC(=O)c1ccc(OC)cc1. The van der Waals surface area contributed by atoms with Gasteiger partial charge in [0.15, 0.2) is 5.78 Å². The molecule has 0 saturated carbocycles. The molecule has 0 amide bonds. The zero-order valence-corrected chi connectivity index (χ0v) is 8.75. The standard InChI is InChI=1S/C12H16O2/c1-3-4-5-12(13)10-6-8-11(14-2)9-7-10/h6-9H,3-5H2,1-2H3. The highest BCUT2D eigenvalue weighted by atomic mass is 16.5. The number of ketones is 1. The number of carbonyl (C=O) groups excluding carboxylic acids is 1. The number of unbranched alkanes of at least 4 members (excludes halogenated alkanes) is 1. The van der Waals surface area contributed by atoms with Crippen LogP contribution in [0.5, 0.6) is 5.75 Å². The number of benzene rings is 1. The van der Waals surface area contributed by atoms with E-state index in [1.807, 2.05) is 24.3 Å². The minimum atomic E-state index is 0.217. The van der Waals surface area contributed by atoms with E-state index in [0.717, 1.165) is 24.2 Å². The Morgan fingerprint density at radius 1 is 1.29 bits per heavy atom. The van der Waals surface area contributed by atoms with E-state index in [-0.39, 0.29) is 5.78 Å². The fourth-order valence-corrected chi connectivity index (χ4v) is 1.26. The predicted octanol–water partition coefficient (Wildman–Crippen LogP) is 3.07. The van der Waals surface area contributed by atoms with Crippen molar-refractivity contribution in [1.82, 2.24) is 0 Å². The maximum atomic E-state index is 11.6. The van der Waals surface area contributed by atoms with Gasteiger partial charge in [0, 0.05) is 12.0 Å². The first-order valence-electron chi connectivity index (χ1n) is 4.95. The van der Waals surface area contributed by atoms with Crippen LogP contribution >= 0.6 is 0 Å². The summed E-state index contributed by atoms with van der Waals surface area (Å²) >= 11 is 0. The summed E-state index contributed by atoms with van der Waals surface area (Å²) in [4.78, 5) is 11.6. The van der Waals surface area contributed by atoms with Crippen molar-refractivity contribution in [3.63, 3.8) is 0 Å². The van der Waals surface area contributed by atoms with Gasteiger partial charge in [0.1, 0.15) is 5.75 Å². The molecule has 2 nitrogen and oxygen atoms in total. The number of hydrogen-bond acceptors (Lipinski definition) is 2. The van der Waals surface area contributed by atoms with E-state index in [1.165, 1.54) is 0 Å². The molecule has 2 heteroatoms. The average Bonchev–Trinajstić information content (AvgIpc) is 2.26. The average molecular weight is 192 g/mol. The normalized spacial score (nSPS) is 9.86. The fraction of sp³-hybridized carbons (Fsp3) is 0.417. The van der Waals surface area contributed by atoms with Crippen LogP contribution in [0.15, 0.2) is 24.3 Å². The third-order valence-corrected chi connectivity index (χ3v) is 2.17. The topological polar surface area (TPSA) is 26.3 Å². The largest absolute Gasteiger partial charge is 0.497 e. The van der Waals surface area contributed by atoms with Crippen LogP contribution < -0.4 is 4.74 Å². The summed E-state index contributed by atoms with van der Waals surface area (Å²) in [7, 11) is 1.62. The van der Waals surface area contributed by atoms with E-state index < -0.39 is 0 Å². The predicted molar refractivity (Wildman–Crippen MR) is 56.8 cm³/mol. The zero-order chi connectivity index (χ0) is 10.4. The minimum absolute atomic E-state index is 0.217. The van der Waals surface area contributed by atoms with Crippen molar-refractivity contribution in [2.45, 2.75) is 26.2 Å². The molecule has 0 saturated heterocycles. The van der Waals surface area contributed by atoms with E-state index in [1.54, 1.807) is 7.11 Å². The Kier molecular flexibility index (Phi) is 4.17. The minimum Gasteiger partial charge on any atom is -0.497 e. The Morgan fingerprint density at radius 3 is 2.43 bits per heavy atom. The molecule has 0 aliphatic rings. The van der Waals surface area contributed by atoms with Gasteiger partial charge < -0.3 is 4.74 Å². The number of ether oxygens (including phenoxy) is 1. The second-order valence-corrected chi connectivity index (χ2v) is 3.26. The molecule has 76 valence electrons. The first-order chi connectivity index (χ1) is 6.77. The van der Waals surface area contributed by atoms with Crippen molar-refractivity contribution in [3.05, 3.63) is 29.8 Å². The molecular formula is C12H16O2. The van der Waals surface area contributed by atoms with Gasteiger partial charge >= 0.3 is 0 Å². The van der Waals surface area contributed by atoms with Crippen LogP contribution in [0.25, 0.3) is 0 Å². The van der Waals surface area contributed by atoms with E-state index in [9.17, 15) is 4.79 Å². The second kappa shape index (κ2) is 5.43. The van der Waals surface area contributed by atoms with Crippen LogP contribution in [0.2, 0.25) is 0 Å². The fourth-order valence-electron chi connectivity index (χ4n) is 1.26. The van der Waals surface area contributed by atoms with E-state index >= 15 is 0 Å². The number of Topliss-reactive ketones (excluding diaryl/α,β-unsaturated/α-hetero) is 1. The molecule has 1 aromatic carbocycles. The Labute approximate surface area is 84.9 Å². The van der Waals surface area contributed by atoms with Crippen molar-refractivity contribution >= 4 is 5.78 Å². The second-order valence-electron chi connectivity index (χ2n) is 3.26. The number of hydrogen-bond donors (Lipinski definition) is 0. The van der Waals surface area contributed by atoms with Gasteiger partial charge in [-0.05, 0) is 30.7 Å². The Bertz CT molecular complexity index is 288. The monoisotopic (exact) mass is 192 g/mol. The highest BCUT2D eigenvalue weighted by Crippen LogP contribution is 2.13. The molecule has 0 fully saturated rings. The molecule has 1 aromatic rings. The summed E-state index contributed by atoms with van der Waals surface area (Å²) < 4.78 is 5.02. The number of carbonyl (C=O) groups is 1. The maximum absolute atomic E-state index is 11.6. The smallest absolute Gasteiger partial charge is 0.162 e. The van der Waals surface area contributed by atoms with Crippen LogP contribution in [-0.2, 0) is 0 Å². The molecule has 0 radical (unpaired) electrons. The highest BCUT2D eigenvalue weighted by molar-refractivity contribution is 5.96. The van der Waals surface area contributed by atoms with Crippen LogP contribution in [0.3, 0.4) is 0 Å². The third-order valence-electron chi connectivity index (χ3n) is 2.17. The lowest BCUT2D eigenvalue weighted by molar-refractivity contribution is 0.0980. The molecule has 0 aliphatic carbocycles. The van der Waals surface area contributed by atoms with Gasteiger partial charge in [-0.1, -0.05) is 13.3 Å². The Hall–Kier alpha value is -1.31. The first kappa shape index (κ1) is 10.8. The van der Waals surface area contributed by atoms with Gasteiger partial charge in [0.2, 0.25) is 0 Å². The van der Waals surface area contributed by atoms with Gasteiger partial charge in [-0.15, -0.1) is 0 Å². The van der Waals surface area contributed by atoms with Gasteiger partial charge in [-0.3, -0.25) is 4.79 Å². The molecule has 1 rings (SSSR count). The van der Waals surface area contributed by atoms with Crippen molar-refractivity contribution in [3.8, 4) is 5.75 Å². The first-order valence-corrected chi connectivity index (χ1v) is 4.95. The molecule has 0 heterocycles. The van der Waals surface area contributed by atoms with Crippen molar-refractivity contribution < 1.29 is 9.53 Å². The van der Waals surface area contributed by atoms with Gasteiger partial charge in [-0.25, -0.2) is 0 Å². The molecule has 0 atom stereocenters. The lowest BCUT2D eigenvalue weighted by atomic mass is 10.1. The molecule has 0 N–H and O–H groups in total. The summed E-state index contributed by atoms with van der Waals surface area (Å²) in [5.74, 6) is 1.01. The van der Waals surface area contributed by atoms with Crippen molar-refractivity contribution in [1.29, 1.82) is 0 Å². The molecule has 0 aromatic heterocycles. The Balaban J connectivity index is 2.62. The lowest BCUT2D eigenvalue weighted by Gasteiger charge is -2.02. The summed E-state index contributed by atoms with van der Waals surface area (Å²) in [6.07, 6.45) is 2.66. The van der Waals surface area contributed by atoms with E-state index in [2.05, 4.69) is 6.92 Å². The summed E-state index contributed by atoms with van der Waals surface area (Å²) in [5, 5.41) is 0. The number of rotatable bonds is 5. The van der Waals surface area contributed by atoms with Gasteiger partial charge in [0.05, 0.1) is 7.11 Å². The summed E-state index contributed by atoms with van der Waals surface area (Å²) in [6, 6.07) is 7.27. The van der Waals surface area contributed by atoms with E-state index in [0.29, 0.717) is 6.42 Å². The van der Waals surface area contributed by atoms with Crippen molar-refractivity contribution in [2.75, 3.05) is 7.11 Å². The summed E-state index contributed by atoms with van der Waals surface area (Å²) in [6.45, 7) is 2.08. The van der Waals surface area contributed by atoms with E-state index in [4.69, 9.17) is 4.74 Å². The van der Waals surface area contributed by atoms with Gasteiger partial charge in [0.25, 0.3) is 0 Å². The molecule has 0 unspecified atom stereocenters. The molecule has 14 heavy (non-hydrogen) atoms. The van der Waals surface area contributed by atoms with Crippen molar-refractivity contribution in [2.24, 2.45) is 0 Å². The summed E-state index contributed by atoms with van der Waals surface area (Å²) in [5.41, 5.74) is 0.777. The maximum Gasteiger partial charge on any atom is 0.162 e. The quantitative estimate of drug-likeness (QED) is 0.670. The van der Waals surface area contributed by atoms with Crippen LogP contribution in [0.1, 0.15) is 36.5 Å². The van der Waals surface area contributed by atoms with Crippen LogP contribution in [0, 0.1) is 0 Å². The molecule has 0 spiro atoms. The lowest BCUT2D eigenvalue weighted by Crippen LogP contribution is -1.98. The molecule has 0 bridgehead atoms. The van der Waals surface area contributed by atoms with Gasteiger partial charge in [-0.2, -0.15) is 0 Å². The third kappa shape index (κ3) is 2.87. The molecule has 0 aliphatic heterocycles. The molecular weight excluding hydrogens is 176 g/mol.